The summed E-state index contributed by atoms with van der Waals surface area (Å²) in [4.78, 5) is 7.13. The molecule has 0 bridgehead atoms. The van der Waals surface area contributed by atoms with Gasteiger partial charge in [-0.1, -0.05) is 42.0 Å². The van der Waals surface area contributed by atoms with Gasteiger partial charge in [-0.2, -0.15) is 0 Å². The number of nitrogens with one attached hydrogen (secondary N) is 1. The van der Waals surface area contributed by atoms with Crippen molar-refractivity contribution in [3.8, 4) is 5.75 Å². The largest absolute Gasteiger partial charge is 0.495 e. The van der Waals surface area contributed by atoms with Gasteiger partial charge in [-0.15, -0.1) is 0 Å². The maximum Gasteiger partial charge on any atom is 0.193 e. The zero-order valence-corrected chi connectivity index (χ0v) is 15.6. The number of nitrogens with zero attached hydrogens (tertiary/aromatic N) is 2. The molecule has 3 N–H and O–H groups in total. The van der Waals surface area contributed by atoms with Crippen molar-refractivity contribution in [3.05, 3.63) is 59.7 Å². The molecule has 1 aliphatic heterocycles. The second-order valence-electron chi connectivity index (χ2n) is 6.72. The first-order valence-electron chi connectivity index (χ1n) is 9.18. The fourth-order valence-electron chi connectivity index (χ4n) is 3.38. The molecular weight excluding hydrogens is 324 g/mol. The molecule has 1 unspecified atom stereocenters. The Hall–Kier alpha value is -2.53. The molecule has 1 fully saturated rings. The van der Waals surface area contributed by atoms with Crippen LogP contribution in [-0.4, -0.2) is 37.6 Å². The van der Waals surface area contributed by atoms with Crippen molar-refractivity contribution in [2.24, 2.45) is 10.7 Å². The summed E-state index contributed by atoms with van der Waals surface area (Å²) in [7, 11) is 1.65. The zero-order valence-electron chi connectivity index (χ0n) is 15.6. The van der Waals surface area contributed by atoms with Crippen molar-refractivity contribution >= 4 is 11.6 Å². The molecule has 0 spiro atoms. The van der Waals surface area contributed by atoms with Crippen LogP contribution in [0.2, 0.25) is 0 Å². The third-order valence-electron chi connectivity index (χ3n) is 4.85. The molecule has 1 heterocycles. The zero-order chi connectivity index (χ0) is 18.4. The first-order chi connectivity index (χ1) is 12.7. The van der Waals surface area contributed by atoms with Crippen molar-refractivity contribution in [1.29, 1.82) is 0 Å². The lowest BCUT2D eigenvalue weighted by Crippen LogP contribution is -2.30. The van der Waals surface area contributed by atoms with Gasteiger partial charge in [0, 0.05) is 0 Å². The Morgan fingerprint density at radius 2 is 1.85 bits per heavy atom. The number of benzene rings is 2. The molecule has 0 saturated carbocycles. The Bertz CT molecular complexity index is 736. The van der Waals surface area contributed by atoms with Crippen LogP contribution in [0, 0.1) is 6.92 Å². The third kappa shape index (κ3) is 4.55. The first kappa shape index (κ1) is 18.3. The Balaban J connectivity index is 1.73. The van der Waals surface area contributed by atoms with Gasteiger partial charge in [0.05, 0.1) is 25.4 Å². The molecule has 138 valence electrons. The smallest absolute Gasteiger partial charge is 0.193 e. The number of guanidine groups is 1. The van der Waals surface area contributed by atoms with Gasteiger partial charge >= 0.3 is 0 Å². The fraction of sp³-hybridized carbons (Fsp3) is 0.381. The molecule has 2 aromatic carbocycles. The number of ether oxygens (including phenoxy) is 1. The number of aliphatic imine (C=N–C) groups is 1. The van der Waals surface area contributed by atoms with Gasteiger partial charge in [0.1, 0.15) is 5.75 Å². The molecule has 2 aromatic rings. The molecule has 26 heavy (non-hydrogen) atoms. The van der Waals surface area contributed by atoms with Crippen LogP contribution in [0.3, 0.4) is 0 Å². The Morgan fingerprint density at radius 1 is 1.15 bits per heavy atom. The van der Waals surface area contributed by atoms with Crippen molar-refractivity contribution in [3.63, 3.8) is 0 Å². The van der Waals surface area contributed by atoms with E-state index in [2.05, 4.69) is 46.4 Å². The van der Waals surface area contributed by atoms with Crippen molar-refractivity contribution in [2.75, 3.05) is 32.1 Å². The Kier molecular flexibility index (Phi) is 6.12. The minimum Gasteiger partial charge on any atom is -0.495 e. The molecule has 0 aromatic heterocycles. The van der Waals surface area contributed by atoms with Crippen molar-refractivity contribution in [2.45, 2.75) is 25.8 Å². The van der Waals surface area contributed by atoms with E-state index in [0.717, 1.165) is 24.5 Å². The highest BCUT2D eigenvalue weighted by atomic mass is 16.5. The number of hydrogen-bond donors (Lipinski definition) is 2. The van der Waals surface area contributed by atoms with Crippen molar-refractivity contribution in [1.82, 2.24) is 4.90 Å². The highest BCUT2D eigenvalue weighted by Crippen LogP contribution is 2.26. The number of anilines is 1. The lowest BCUT2D eigenvalue weighted by molar-refractivity contribution is 0.252. The summed E-state index contributed by atoms with van der Waals surface area (Å²) in [6.45, 7) is 4.99. The minimum absolute atomic E-state index is 0.260. The molecular formula is C21H28N4O. The van der Waals surface area contributed by atoms with Gasteiger partial charge in [0.15, 0.2) is 5.96 Å². The molecule has 0 aliphatic carbocycles. The van der Waals surface area contributed by atoms with E-state index in [9.17, 15) is 0 Å². The number of nitrogens with two attached hydrogens (primary N) is 1. The average Bonchev–Trinajstić information content (AvgIpc) is 3.18. The van der Waals surface area contributed by atoms with Gasteiger partial charge in [-0.05, 0) is 50.6 Å². The van der Waals surface area contributed by atoms with E-state index < -0.39 is 0 Å². The van der Waals surface area contributed by atoms with Crippen LogP contribution in [0.4, 0.5) is 5.69 Å². The average molecular weight is 352 g/mol. The van der Waals surface area contributed by atoms with E-state index in [1.54, 1.807) is 7.11 Å². The van der Waals surface area contributed by atoms with E-state index in [1.807, 2.05) is 24.3 Å². The number of methoxy groups -OCH3 is 1. The minimum atomic E-state index is 0.260. The lowest BCUT2D eigenvalue weighted by Gasteiger charge is -2.27. The van der Waals surface area contributed by atoms with Crippen LogP contribution < -0.4 is 15.8 Å². The maximum atomic E-state index is 6.14. The number of aryl methyl sites for hydroxylation is 1. The Morgan fingerprint density at radius 3 is 2.54 bits per heavy atom. The topological polar surface area (TPSA) is 62.9 Å². The van der Waals surface area contributed by atoms with Crippen molar-refractivity contribution < 1.29 is 4.74 Å². The predicted molar refractivity (Wildman–Crippen MR) is 108 cm³/mol. The van der Waals surface area contributed by atoms with E-state index in [-0.39, 0.29) is 6.04 Å². The second kappa shape index (κ2) is 8.72. The number of rotatable bonds is 6. The van der Waals surface area contributed by atoms with E-state index >= 15 is 0 Å². The second-order valence-corrected chi connectivity index (χ2v) is 6.72. The van der Waals surface area contributed by atoms with Crippen LogP contribution >= 0.6 is 0 Å². The monoisotopic (exact) mass is 352 g/mol. The summed E-state index contributed by atoms with van der Waals surface area (Å²) in [5.74, 6) is 1.16. The highest BCUT2D eigenvalue weighted by molar-refractivity contribution is 5.93. The molecule has 5 heteroatoms. The van der Waals surface area contributed by atoms with Gasteiger partial charge in [0.25, 0.3) is 0 Å². The highest BCUT2D eigenvalue weighted by Gasteiger charge is 2.23. The number of para-hydroxylation sites is 2. The van der Waals surface area contributed by atoms with Gasteiger partial charge in [-0.25, -0.2) is 0 Å². The van der Waals surface area contributed by atoms with Crippen LogP contribution in [0.15, 0.2) is 53.5 Å². The van der Waals surface area contributed by atoms with Crippen LogP contribution in [0.25, 0.3) is 0 Å². The molecule has 1 atom stereocenters. The summed E-state index contributed by atoms with van der Waals surface area (Å²) in [5.41, 5.74) is 9.54. The number of likely N-dealkylation sites (tertiary alicyclic amines) is 1. The summed E-state index contributed by atoms with van der Waals surface area (Å²) in [5, 5.41) is 3.15. The standard InChI is InChI=1S/C21H28N4O/c1-16-9-11-17(12-10-16)19(25-13-5-6-14-25)15-23-21(22)24-18-7-3-4-8-20(18)26-2/h3-4,7-12,19H,5-6,13-15H2,1-2H3,(H3,22,23,24). The summed E-state index contributed by atoms with van der Waals surface area (Å²) in [6, 6.07) is 16.7. The van der Waals surface area contributed by atoms with E-state index in [0.29, 0.717) is 12.5 Å². The lowest BCUT2D eigenvalue weighted by atomic mass is 10.0. The fourth-order valence-corrected chi connectivity index (χ4v) is 3.38. The van der Waals surface area contributed by atoms with E-state index in [1.165, 1.54) is 24.0 Å². The van der Waals surface area contributed by atoms with Crippen LogP contribution in [0.1, 0.15) is 30.0 Å². The summed E-state index contributed by atoms with van der Waals surface area (Å²) in [6.07, 6.45) is 2.50. The summed E-state index contributed by atoms with van der Waals surface area (Å²) >= 11 is 0. The van der Waals surface area contributed by atoms with Crippen LogP contribution in [0.5, 0.6) is 5.75 Å². The quantitative estimate of drug-likeness (QED) is 0.616. The third-order valence-corrected chi connectivity index (χ3v) is 4.85. The molecule has 0 radical (unpaired) electrons. The molecule has 1 aliphatic rings. The molecule has 0 amide bonds. The summed E-state index contributed by atoms with van der Waals surface area (Å²) < 4.78 is 5.35. The van der Waals surface area contributed by atoms with E-state index in [4.69, 9.17) is 10.5 Å². The normalized spacial score (nSPS) is 16.5. The van der Waals surface area contributed by atoms with Crippen LogP contribution in [-0.2, 0) is 0 Å². The Labute approximate surface area is 155 Å². The van der Waals surface area contributed by atoms with Gasteiger partial charge in [0.2, 0.25) is 0 Å². The molecule has 5 nitrogen and oxygen atoms in total. The maximum absolute atomic E-state index is 6.14. The number of hydrogen-bond acceptors (Lipinski definition) is 3. The van der Waals surface area contributed by atoms with Gasteiger partial charge < -0.3 is 15.8 Å². The molecule has 1 saturated heterocycles. The SMILES string of the molecule is COc1ccccc1NC(N)=NCC(c1ccc(C)cc1)N1CCCC1. The van der Waals surface area contributed by atoms with Gasteiger partial charge in [-0.3, -0.25) is 9.89 Å². The molecule has 3 rings (SSSR count). The first-order valence-corrected chi connectivity index (χ1v) is 9.18. The predicted octanol–water partition coefficient (Wildman–Crippen LogP) is 3.57.